The summed E-state index contributed by atoms with van der Waals surface area (Å²) in [6.45, 7) is 8.27. The zero-order chi connectivity index (χ0) is 22.1. The molecule has 0 spiro atoms. The first kappa shape index (κ1) is 20.9. The summed E-state index contributed by atoms with van der Waals surface area (Å²) in [5, 5.41) is 19.8. The Morgan fingerprint density at radius 1 is 1.17 bits per heavy atom. The van der Waals surface area contributed by atoms with E-state index < -0.39 is 17.7 Å². The van der Waals surface area contributed by atoms with Gasteiger partial charge in [0.25, 0.3) is 0 Å². The fourth-order valence-corrected chi connectivity index (χ4v) is 6.63. The van der Waals surface area contributed by atoms with E-state index in [1.165, 1.54) is 6.07 Å². The molecule has 6 heteroatoms. The van der Waals surface area contributed by atoms with Crippen molar-refractivity contribution in [3.05, 3.63) is 34.9 Å². The average molecular weight is 414 g/mol. The lowest BCUT2D eigenvalue weighted by Gasteiger charge is -2.66. The van der Waals surface area contributed by atoms with E-state index in [2.05, 4.69) is 20.8 Å². The third-order valence-electron chi connectivity index (χ3n) is 7.83. The van der Waals surface area contributed by atoms with Crippen LogP contribution in [0.3, 0.4) is 0 Å². The maximum atomic E-state index is 12.9. The number of aryl methyl sites for hydroxylation is 1. The lowest BCUT2D eigenvalue weighted by atomic mass is 9.44. The number of ether oxygens (including phenoxy) is 2. The number of esters is 1. The first-order valence-corrected chi connectivity index (χ1v) is 10.5. The van der Waals surface area contributed by atoms with Crippen LogP contribution >= 0.6 is 0 Å². The number of benzene rings is 1. The van der Waals surface area contributed by atoms with Gasteiger partial charge in [0.2, 0.25) is 0 Å². The highest BCUT2D eigenvalue weighted by molar-refractivity contribution is 5.94. The number of aldehydes is 1. The number of carbonyl (C=O) groups excluding carboxylic acids is 2. The Morgan fingerprint density at radius 3 is 2.47 bits per heavy atom. The number of hydrogen-bond acceptors (Lipinski definition) is 6. The van der Waals surface area contributed by atoms with Gasteiger partial charge in [-0.2, -0.15) is 0 Å². The Bertz CT molecular complexity index is 924. The quantitative estimate of drug-likeness (QED) is 0.573. The first-order chi connectivity index (χ1) is 14.0. The molecule has 0 aromatic heterocycles. The van der Waals surface area contributed by atoms with E-state index in [9.17, 15) is 19.8 Å². The Kier molecular flexibility index (Phi) is 4.59. The molecule has 1 aromatic carbocycles. The van der Waals surface area contributed by atoms with Gasteiger partial charge in [0.05, 0.1) is 0 Å². The summed E-state index contributed by atoms with van der Waals surface area (Å²) in [6, 6.07) is 2.51. The highest BCUT2D eigenvalue weighted by Gasteiger charge is 2.73. The lowest BCUT2D eigenvalue weighted by Crippen LogP contribution is -2.73. The number of rotatable bonds is 4. The minimum atomic E-state index is -0.994. The average Bonchev–Trinajstić information content (AvgIpc) is 2.94. The van der Waals surface area contributed by atoms with Crippen LogP contribution in [0, 0.1) is 29.6 Å². The highest BCUT2D eigenvalue weighted by atomic mass is 16.6. The third kappa shape index (κ3) is 2.66. The molecule has 0 radical (unpaired) electrons. The van der Waals surface area contributed by atoms with Gasteiger partial charge in [0, 0.05) is 24.2 Å². The molecule has 3 aliphatic carbocycles. The number of methoxy groups -OCH3 is 1. The highest BCUT2D eigenvalue weighted by Crippen LogP contribution is 2.69. The van der Waals surface area contributed by atoms with Gasteiger partial charge in [0.15, 0.2) is 0 Å². The fraction of sp³-hybridized carbons (Fsp3) is 0.583. The van der Waals surface area contributed by atoms with Crippen molar-refractivity contribution >= 4 is 12.3 Å². The third-order valence-corrected chi connectivity index (χ3v) is 7.83. The Balaban J connectivity index is 1.69. The molecule has 0 saturated heterocycles. The maximum Gasteiger partial charge on any atom is 0.342 e. The fourth-order valence-electron chi connectivity index (χ4n) is 6.63. The van der Waals surface area contributed by atoms with Crippen LogP contribution in [-0.2, 0) is 14.3 Å². The van der Waals surface area contributed by atoms with Gasteiger partial charge in [-0.15, -0.1) is 0 Å². The Morgan fingerprint density at radius 2 is 1.87 bits per heavy atom. The van der Waals surface area contributed by atoms with E-state index in [4.69, 9.17) is 9.47 Å². The van der Waals surface area contributed by atoms with Gasteiger partial charge in [0.1, 0.15) is 35.1 Å². The monoisotopic (exact) mass is 414 g/mol. The molecular weight excluding hydrogens is 384 g/mol. The van der Waals surface area contributed by atoms with Gasteiger partial charge in [-0.25, -0.2) is 4.79 Å². The van der Waals surface area contributed by atoms with E-state index in [-0.39, 0.29) is 27.9 Å². The van der Waals surface area contributed by atoms with E-state index in [0.29, 0.717) is 29.4 Å². The first-order valence-electron chi connectivity index (χ1n) is 10.5. The van der Waals surface area contributed by atoms with Crippen molar-refractivity contribution in [1.29, 1.82) is 0 Å². The van der Waals surface area contributed by atoms with Gasteiger partial charge in [-0.05, 0) is 55.1 Å². The SMILES string of the molecule is CO[C@]12C(C=O)=CC3CC(C)(C)CC3[C@@]1(C)C[C@H]2OC(=O)c1c(C)cc(O)cc1O. The van der Waals surface area contributed by atoms with Gasteiger partial charge in [-0.1, -0.05) is 26.8 Å². The van der Waals surface area contributed by atoms with Crippen LogP contribution in [0.25, 0.3) is 0 Å². The second kappa shape index (κ2) is 6.58. The van der Waals surface area contributed by atoms with Crippen molar-refractivity contribution in [2.24, 2.45) is 22.7 Å². The van der Waals surface area contributed by atoms with Gasteiger partial charge < -0.3 is 19.7 Å². The standard InChI is InChI=1S/C24H30O6/c1-13-6-16(26)8-18(27)20(13)21(28)30-19-11-23(4)17-10-22(2,3)9-14(17)7-15(12-25)24(19,23)29-5/h6-8,12,14,17,19,26-27H,9-11H2,1-5H3/t14?,17?,19-,23-,24+/m1/s1. The maximum absolute atomic E-state index is 12.9. The molecule has 162 valence electrons. The van der Waals surface area contributed by atoms with Crippen molar-refractivity contribution in [1.82, 2.24) is 0 Å². The summed E-state index contributed by atoms with van der Waals surface area (Å²) >= 11 is 0. The molecule has 6 nitrogen and oxygen atoms in total. The van der Waals surface area contributed by atoms with Crippen LogP contribution in [-0.4, -0.2) is 41.3 Å². The molecule has 2 unspecified atom stereocenters. The molecule has 0 bridgehead atoms. The van der Waals surface area contributed by atoms with E-state index in [0.717, 1.165) is 25.2 Å². The molecule has 3 aliphatic rings. The summed E-state index contributed by atoms with van der Waals surface area (Å²) in [4.78, 5) is 25.0. The van der Waals surface area contributed by atoms with Crippen LogP contribution in [0.4, 0.5) is 0 Å². The number of allylic oxidation sites excluding steroid dienone is 1. The smallest absolute Gasteiger partial charge is 0.342 e. The molecule has 30 heavy (non-hydrogen) atoms. The van der Waals surface area contributed by atoms with E-state index in [1.54, 1.807) is 14.0 Å². The molecule has 2 saturated carbocycles. The minimum Gasteiger partial charge on any atom is -0.508 e. The molecule has 2 fully saturated rings. The van der Waals surface area contributed by atoms with E-state index >= 15 is 0 Å². The van der Waals surface area contributed by atoms with Crippen LogP contribution in [0.5, 0.6) is 11.5 Å². The largest absolute Gasteiger partial charge is 0.508 e. The summed E-state index contributed by atoms with van der Waals surface area (Å²) in [7, 11) is 1.57. The topological polar surface area (TPSA) is 93.1 Å². The lowest BCUT2D eigenvalue weighted by molar-refractivity contribution is -0.259. The summed E-state index contributed by atoms with van der Waals surface area (Å²) in [5.74, 6) is -0.492. The summed E-state index contributed by atoms with van der Waals surface area (Å²) in [5.41, 5.74) is -0.154. The normalized spacial score (nSPS) is 36.2. The van der Waals surface area contributed by atoms with Gasteiger partial charge >= 0.3 is 5.97 Å². The molecule has 2 N–H and O–H groups in total. The Labute approximate surface area is 176 Å². The van der Waals surface area contributed by atoms with Crippen molar-refractivity contribution in [3.63, 3.8) is 0 Å². The number of aromatic hydroxyl groups is 2. The molecule has 0 aliphatic heterocycles. The van der Waals surface area contributed by atoms with Crippen LogP contribution in [0.1, 0.15) is 56.0 Å². The minimum absolute atomic E-state index is 0.0139. The summed E-state index contributed by atoms with van der Waals surface area (Å²) < 4.78 is 11.8. The second-order valence-electron chi connectivity index (χ2n) is 10.2. The number of carbonyl (C=O) groups is 2. The molecule has 0 amide bonds. The number of phenolic OH excluding ortho intramolecular Hbond substituents is 2. The van der Waals surface area contributed by atoms with Crippen molar-refractivity contribution < 1.29 is 29.3 Å². The van der Waals surface area contributed by atoms with Crippen molar-refractivity contribution in [2.45, 2.75) is 58.7 Å². The summed E-state index contributed by atoms with van der Waals surface area (Å²) in [6.07, 6.45) is 4.88. The molecular formula is C24H30O6. The second-order valence-corrected chi connectivity index (χ2v) is 10.2. The Hall–Kier alpha value is -2.34. The van der Waals surface area contributed by atoms with Crippen molar-refractivity contribution in [2.75, 3.05) is 7.11 Å². The van der Waals surface area contributed by atoms with Gasteiger partial charge in [-0.3, -0.25) is 4.79 Å². The van der Waals surface area contributed by atoms with Crippen LogP contribution in [0.2, 0.25) is 0 Å². The zero-order valence-electron chi connectivity index (χ0n) is 18.2. The predicted molar refractivity (Wildman–Crippen MR) is 110 cm³/mol. The molecule has 5 atom stereocenters. The molecule has 1 aromatic rings. The number of hydrogen-bond donors (Lipinski definition) is 2. The van der Waals surface area contributed by atoms with Crippen LogP contribution in [0.15, 0.2) is 23.8 Å². The number of fused-ring (bicyclic) bond motifs is 3. The molecule has 4 rings (SSSR count). The number of phenols is 2. The van der Waals surface area contributed by atoms with Crippen molar-refractivity contribution in [3.8, 4) is 11.5 Å². The van der Waals surface area contributed by atoms with E-state index in [1.807, 2.05) is 6.08 Å². The molecule has 0 heterocycles. The van der Waals surface area contributed by atoms with Crippen LogP contribution < -0.4 is 0 Å². The zero-order valence-corrected chi connectivity index (χ0v) is 18.2. The predicted octanol–water partition coefficient (Wildman–Crippen LogP) is 3.92.